The van der Waals surface area contributed by atoms with Crippen LogP contribution in [0.15, 0.2) is 58.6 Å². The first-order valence-electron chi connectivity index (χ1n) is 5.81. The smallest absolute Gasteiger partial charge is 0.276 e. The van der Waals surface area contributed by atoms with Crippen molar-refractivity contribution in [1.29, 1.82) is 0 Å². The van der Waals surface area contributed by atoms with Crippen LogP contribution in [0, 0.1) is 10.1 Å². The van der Waals surface area contributed by atoms with Crippen molar-refractivity contribution < 1.29 is 9.72 Å². The molecule has 0 aliphatic heterocycles. The second kappa shape index (κ2) is 7.01. The van der Waals surface area contributed by atoms with E-state index < -0.39 is 10.2 Å². The van der Waals surface area contributed by atoms with E-state index in [2.05, 4.69) is 4.98 Å². The summed E-state index contributed by atoms with van der Waals surface area (Å²) in [7, 11) is 0. The monoisotopic (exact) mass is 320 g/mol. The first-order valence-corrected chi connectivity index (χ1v) is 7.00. The number of hydrogen-bond donors (Lipinski definition) is 0. The molecule has 5 nitrogen and oxygen atoms in total. The maximum absolute atomic E-state index is 11.2. The van der Waals surface area contributed by atoms with Crippen LogP contribution in [0.1, 0.15) is 5.56 Å². The van der Waals surface area contributed by atoms with E-state index in [0.717, 1.165) is 6.08 Å². The summed E-state index contributed by atoms with van der Waals surface area (Å²) >= 11 is 6.40. The van der Waals surface area contributed by atoms with Gasteiger partial charge in [0, 0.05) is 12.3 Å². The second-order valence-electron chi connectivity index (χ2n) is 3.89. The van der Waals surface area contributed by atoms with Crippen LogP contribution in [-0.2, 0) is 4.79 Å². The van der Waals surface area contributed by atoms with Gasteiger partial charge in [0.1, 0.15) is 5.03 Å². The van der Waals surface area contributed by atoms with Crippen LogP contribution in [0.2, 0.25) is 0 Å². The summed E-state index contributed by atoms with van der Waals surface area (Å²) in [5, 5.41) is 11.2. The Labute approximate surface area is 129 Å². The van der Waals surface area contributed by atoms with E-state index in [1.807, 2.05) is 6.07 Å². The van der Waals surface area contributed by atoms with Crippen LogP contribution in [0.5, 0.6) is 0 Å². The Bertz CT molecular complexity index is 705. The highest BCUT2D eigenvalue weighted by atomic mass is 35.5. The maximum atomic E-state index is 11.2. The Hall–Kier alpha value is -2.18. The van der Waals surface area contributed by atoms with E-state index in [1.54, 1.807) is 30.5 Å². The van der Waals surface area contributed by atoms with Gasteiger partial charge in [-0.15, -0.1) is 0 Å². The Kier molecular flexibility index (Phi) is 5.08. The molecule has 1 aromatic heterocycles. The van der Waals surface area contributed by atoms with Gasteiger partial charge >= 0.3 is 0 Å². The molecule has 0 saturated heterocycles. The van der Waals surface area contributed by atoms with Gasteiger partial charge in [0.25, 0.3) is 5.69 Å². The Balaban J connectivity index is 2.33. The van der Waals surface area contributed by atoms with Crippen molar-refractivity contribution in [2.45, 2.75) is 9.92 Å². The number of hydrogen-bond acceptors (Lipinski definition) is 5. The van der Waals surface area contributed by atoms with Gasteiger partial charge in [-0.05, 0) is 47.5 Å². The van der Waals surface area contributed by atoms with Crippen molar-refractivity contribution in [3.8, 4) is 0 Å². The van der Waals surface area contributed by atoms with E-state index in [0.29, 0.717) is 15.5 Å². The van der Waals surface area contributed by atoms with E-state index in [-0.39, 0.29) is 5.69 Å². The highest BCUT2D eigenvalue weighted by Crippen LogP contribution is 2.34. The van der Waals surface area contributed by atoms with Gasteiger partial charge in [-0.2, -0.15) is 0 Å². The zero-order chi connectivity index (χ0) is 15.2. The molecule has 0 amide bonds. The number of benzene rings is 1. The van der Waals surface area contributed by atoms with E-state index in [4.69, 9.17) is 11.6 Å². The van der Waals surface area contributed by atoms with Crippen LogP contribution in [0.4, 0.5) is 5.69 Å². The molecule has 0 radical (unpaired) electrons. The number of pyridine rings is 1. The van der Waals surface area contributed by atoms with E-state index in [9.17, 15) is 14.9 Å². The predicted octanol–water partition coefficient (Wildman–Crippen LogP) is 3.92. The molecule has 0 fully saturated rings. The lowest BCUT2D eigenvalue weighted by molar-refractivity contribution is -0.387. The number of carbonyl (C=O) groups excluding carboxylic acids is 1. The van der Waals surface area contributed by atoms with Crippen LogP contribution in [-0.4, -0.2) is 15.1 Å². The average Bonchev–Trinajstić information content (AvgIpc) is 2.47. The average molecular weight is 321 g/mol. The molecule has 0 unspecified atom stereocenters. The molecule has 0 saturated carbocycles. The summed E-state index contributed by atoms with van der Waals surface area (Å²) < 4.78 is 0. The molecule has 0 aliphatic rings. The SMILES string of the molecule is O=C(Cl)/C=C/c1ccc(Sc2ccccn2)c([N+](=O)[O-])c1. The topological polar surface area (TPSA) is 73.1 Å². The summed E-state index contributed by atoms with van der Waals surface area (Å²) in [6, 6.07) is 10.0. The van der Waals surface area contributed by atoms with Gasteiger partial charge in [0.05, 0.1) is 9.82 Å². The molecule has 0 N–H and O–H groups in total. The number of nitro benzene ring substituents is 1. The minimum absolute atomic E-state index is 0.0465. The highest BCUT2D eigenvalue weighted by molar-refractivity contribution is 7.99. The Morgan fingerprint density at radius 1 is 1.33 bits per heavy atom. The lowest BCUT2D eigenvalue weighted by Gasteiger charge is -2.03. The molecule has 0 bridgehead atoms. The van der Waals surface area contributed by atoms with Crippen molar-refractivity contribution in [3.63, 3.8) is 0 Å². The first-order chi connectivity index (χ1) is 10.1. The Morgan fingerprint density at radius 3 is 2.76 bits per heavy atom. The van der Waals surface area contributed by atoms with Gasteiger partial charge in [-0.25, -0.2) is 4.98 Å². The molecular weight excluding hydrogens is 312 g/mol. The van der Waals surface area contributed by atoms with Crippen molar-refractivity contribution >= 4 is 40.4 Å². The summed E-state index contributed by atoms with van der Waals surface area (Å²) in [4.78, 5) is 26.0. The van der Waals surface area contributed by atoms with Gasteiger partial charge in [-0.1, -0.05) is 23.9 Å². The highest BCUT2D eigenvalue weighted by Gasteiger charge is 2.15. The standard InChI is InChI=1S/C14H9ClN2O3S/c15-13(18)7-5-10-4-6-12(11(9-10)17(19)20)21-14-3-1-2-8-16-14/h1-9H/b7-5+. The number of rotatable bonds is 5. The second-order valence-corrected chi connectivity index (χ2v) is 5.33. The lowest BCUT2D eigenvalue weighted by atomic mass is 10.2. The molecule has 2 aromatic rings. The molecule has 1 aromatic carbocycles. The molecule has 0 aliphatic carbocycles. The number of aromatic nitrogens is 1. The van der Waals surface area contributed by atoms with Gasteiger partial charge in [-0.3, -0.25) is 14.9 Å². The minimum Gasteiger partial charge on any atom is -0.276 e. The van der Waals surface area contributed by atoms with Gasteiger partial charge < -0.3 is 0 Å². The zero-order valence-electron chi connectivity index (χ0n) is 10.6. The summed E-state index contributed by atoms with van der Waals surface area (Å²) in [6.45, 7) is 0. The van der Waals surface area contributed by atoms with Crippen LogP contribution < -0.4 is 0 Å². The molecule has 21 heavy (non-hydrogen) atoms. The third kappa shape index (κ3) is 4.40. The summed E-state index contributed by atoms with van der Waals surface area (Å²) in [6.07, 6.45) is 4.20. The Morgan fingerprint density at radius 2 is 2.14 bits per heavy atom. The number of nitrogens with zero attached hydrogens (tertiary/aromatic N) is 2. The molecule has 7 heteroatoms. The van der Waals surface area contributed by atoms with Crippen LogP contribution in [0.25, 0.3) is 6.08 Å². The van der Waals surface area contributed by atoms with E-state index >= 15 is 0 Å². The molecule has 1 heterocycles. The third-order valence-electron chi connectivity index (χ3n) is 2.44. The van der Waals surface area contributed by atoms with Gasteiger partial charge in [0.2, 0.25) is 5.24 Å². The zero-order valence-corrected chi connectivity index (χ0v) is 12.2. The fourth-order valence-electron chi connectivity index (χ4n) is 1.55. The fourth-order valence-corrected chi connectivity index (χ4v) is 2.47. The molecule has 0 atom stereocenters. The molecule has 0 spiro atoms. The van der Waals surface area contributed by atoms with Gasteiger partial charge in [0.15, 0.2) is 0 Å². The van der Waals surface area contributed by atoms with Crippen molar-refractivity contribution in [2.75, 3.05) is 0 Å². The third-order valence-corrected chi connectivity index (χ3v) is 3.58. The first kappa shape index (κ1) is 15.2. The maximum Gasteiger partial charge on any atom is 0.283 e. The number of halogens is 1. The number of carbonyl (C=O) groups is 1. The molecule has 2 rings (SSSR count). The fraction of sp³-hybridized carbons (Fsp3) is 0. The molecular formula is C14H9ClN2O3S. The normalized spacial score (nSPS) is 10.7. The summed E-state index contributed by atoms with van der Waals surface area (Å²) in [5.74, 6) is 0. The van der Waals surface area contributed by atoms with Crippen molar-refractivity contribution in [1.82, 2.24) is 4.98 Å². The quantitative estimate of drug-likeness (QED) is 0.361. The predicted molar refractivity (Wildman–Crippen MR) is 81.4 cm³/mol. The van der Waals surface area contributed by atoms with E-state index in [1.165, 1.54) is 23.9 Å². The minimum atomic E-state index is -0.635. The lowest BCUT2D eigenvalue weighted by Crippen LogP contribution is -1.92. The largest absolute Gasteiger partial charge is 0.283 e. The van der Waals surface area contributed by atoms with Crippen LogP contribution in [0.3, 0.4) is 0 Å². The summed E-state index contributed by atoms with van der Waals surface area (Å²) in [5.41, 5.74) is 0.482. The van der Waals surface area contributed by atoms with Crippen molar-refractivity contribution in [3.05, 3.63) is 64.3 Å². The number of allylic oxidation sites excluding steroid dienone is 1. The van der Waals surface area contributed by atoms with Crippen LogP contribution >= 0.6 is 23.4 Å². The van der Waals surface area contributed by atoms with Crippen molar-refractivity contribution in [2.24, 2.45) is 0 Å². The number of nitro groups is 1. The molecule has 106 valence electrons.